The van der Waals surface area contributed by atoms with Gasteiger partial charge in [0.1, 0.15) is 5.82 Å². The van der Waals surface area contributed by atoms with Gasteiger partial charge in [0.25, 0.3) is 5.91 Å². The summed E-state index contributed by atoms with van der Waals surface area (Å²) in [5, 5.41) is 4.44. The van der Waals surface area contributed by atoms with E-state index in [4.69, 9.17) is 16.1 Å². The normalized spacial score (nSPS) is 14.0. The van der Waals surface area contributed by atoms with Crippen LogP contribution in [0.15, 0.2) is 47.0 Å². The summed E-state index contributed by atoms with van der Waals surface area (Å²) in [6.45, 7) is 3.53. The molecule has 0 unspecified atom stereocenters. The van der Waals surface area contributed by atoms with E-state index in [-0.39, 0.29) is 24.1 Å². The third kappa shape index (κ3) is 4.96. The number of nitrogens with zero attached hydrogens (tertiary/aromatic N) is 4. The molecule has 1 aliphatic rings. The molecule has 1 fully saturated rings. The molecule has 32 heavy (non-hydrogen) atoms. The molecule has 1 aromatic heterocycles. The standard InChI is InChI=1S/C23H22ClFN4O3/c1-15-13-16(5-6-19(15)25)22-26-20(32-27-22)7-8-21(30)28-9-11-29(12-10-28)23(31)17-3-2-4-18(24)14-17/h2-6,13-14H,7-12H2,1H3. The Labute approximate surface area is 189 Å². The van der Waals surface area contributed by atoms with Crippen LogP contribution in [0, 0.1) is 12.7 Å². The summed E-state index contributed by atoms with van der Waals surface area (Å²) < 4.78 is 18.7. The van der Waals surface area contributed by atoms with Crippen molar-refractivity contribution in [3.05, 3.63) is 70.3 Å². The molecule has 0 bridgehead atoms. The second-order valence-corrected chi connectivity index (χ2v) is 8.10. The lowest BCUT2D eigenvalue weighted by Crippen LogP contribution is -2.50. The topological polar surface area (TPSA) is 79.5 Å². The molecular formula is C23H22ClFN4O3. The molecule has 0 spiro atoms. The summed E-state index contributed by atoms with van der Waals surface area (Å²) >= 11 is 5.97. The van der Waals surface area contributed by atoms with Crippen molar-refractivity contribution < 1.29 is 18.5 Å². The minimum atomic E-state index is -0.294. The largest absolute Gasteiger partial charge is 0.339 e. The van der Waals surface area contributed by atoms with E-state index in [0.29, 0.717) is 66.0 Å². The molecule has 166 valence electrons. The van der Waals surface area contributed by atoms with Crippen molar-refractivity contribution in [3.8, 4) is 11.4 Å². The fraction of sp³-hybridized carbons (Fsp3) is 0.304. The Morgan fingerprint density at radius 2 is 1.84 bits per heavy atom. The summed E-state index contributed by atoms with van der Waals surface area (Å²) in [4.78, 5) is 33.0. The first-order valence-corrected chi connectivity index (χ1v) is 10.7. The van der Waals surface area contributed by atoms with Crippen LogP contribution in [0.2, 0.25) is 5.02 Å². The van der Waals surface area contributed by atoms with Gasteiger partial charge >= 0.3 is 0 Å². The van der Waals surface area contributed by atoms with E-state index in [9.17, 15) is 14.0 Å². The Kier molecular flexibility index (Phi) is 6.50. The molecule has 0 radical (unpaired) electrons. The van der Waals surface area contributed by atoms with Gasteiger partial charge in [-0.1, -0.05) is 22.8 Å². The third-order valence-corrected chi connectivity index (χ3v) is 5.66. The molecule has 2 heterocycles. The van der Waals surface area contributed by atoms with Gasteiger partial charge in [0, 0.05) is 55.2 Å². The summed E-state index contributed by atoms with van der Waals surface area (Å²) in [5.41, 5.74) is 1.70. The third-order valence-electron chi connectivity index (χ3n) is 5.43. The molecule has 2 amide bonds. The monoisotopic (exact) mass is 456 g/mol. The molecule has 0 atom stereocenters. The highest BCUT2D eigenvalue weighted by Gasteiger charge is 2.25. The minimum Gasteiger partial charge on any atom is -0.339 e. The van der Waals surface area contributed by atoms with E-state index in [1.165, 1.54) is 6.07 Å². The second-order valence-electron chi connectivity index (χ2n) is 7.66. The fourth-order valence-electron chi connectivity index (χ4n) is 3.59. The highest BCUT2D eigenvalue weighted by molar-refractivity contribution is 6.30. The number of carbonyl (C=O) groups excluding carboxylic acids is 2. The van der Waals surface area contributed by atoms with Gasteiger partial charge in [0.05, 0.1) is 0 Å². The number of benzene rings is 2. The summed E-state index contributed by atoms with van der Waals surface area (Å²) in [5.74, 6) is 0.303. The van der Waals surface area contributed by atoms with E-state index in [1.54, 1.807) is 53.1 Å². The van der Waals surface area contributed by atoms with Crippen molar-refractivity contribution in [2.75, 3.05) is 26.2 Å². The van der Waals surface area contributed by atoms with Gasteiger partial charge in [-0.25, -0.2) is 4.39 Å². The first-order valence-electron chi connectivity index (χ1n) is 10.3. The predicted octanol–water partition coefficient (Wildman–Crippen LogP) is 3.75. The smallest absolute Gasteiger partial charge is 0.254 e. The van der Waals surface area contributed by atoms with Crippen molar-refractivity contribution >= 4 is 23.4 Å². The van der Waals surface area contributed by atoms with Crippen molar-refractivity contribution in [2.24, 2.45) is 0 Å². The van der Waals surface area contributed by atoms with E-state index in [2.05, 4.69) is 10.1 Å². The second kappa shape index (κ2) is 9.48. The molecular weight excluding hydrogens is 435 g/mol. The lowest BCUT2D eigenvalue weighted by molar-refractivity contribution is -0.132. The maximum Gasteiger partial charge on any atom is 0.254 e. The lowest BCUT2D eigenvalue weighted by atomic mass is 10.1. The van der Waals surface area contributed by atoms with Crippen molar-refractivity contribution in [1.82, 2.24) is 19.9 Å². The Morgan fingerprint density at radius 1 is 1.09 bits per heavy atom. The van der Waals surface area contributed by atoms with E-state index in [1.807, 2.05) is 0 Å². The Balaban J connectivity index is 1.28. The summed E-state index contributed by atoms with van der Waals surface area (Å²) in [7, 11) is 0. The van der Waals surface area contributed by atoms with Gasteiger partial charge in [-0.2, -0.15) is 4.98 Å². The van der Waals surface area contributed by atoms with Crippen LogP contribution in [0.1, 0.15) is 28.2 Å². The quantitative estimate of drug-likeness (QED) is 0.584. The predicted molar refractivity (Wildman–Crippen MR) is 117 cm³/mol. The zero-order valence-corrected chi connectivity index (χ0v) is 18.3. The van der Waals surface area contributed by atoms with Gasteiger partial charge in [0.2, 0.25) is 17.6 Å². The fourth-order valence-corrected chi connectivity index (χ4v) is 3.78. The molecule has 3 aromatic rings. The number of hydrogen-bond acceptors (Lipinski definition) is 5. The molecule has 0 aliphatic carbocycles. The average Bonchev–Trinajstić information content (AvgIpc) is 3.28. The van der Waals surface area contributed by atoms with E-state index in [0.717, 1.165) is 0 Å². The molecule has 0 N–H and O–H groups in total. The van der Waals surface area contributed by atoms with Crippen LogP contribution in [0.5, 0.6) is 0 Å². The molecule has 0 saturated carbocycles. The molecule has 7 nitrogen and oxygen atoms in total. The highest BCUT2D eigenvalue weighted by Crippen LogP contribution is 2.20. The van der Waals surface area contributed by atoms with Gasteiger partial charge in [-0.3, -0.25) is 9.59 Å². The molecule has 4 rings (SSSR count). The molecule has 1 saturated heterocycles. The van der Waals surface area contributed by atoms with Crippen LogP contribution in [0.25, 0.3) is 11.4 Å². The molecule has 2 aromatic carbocycles. The van der Waals surface area contributed by atoms with Crippen LogP contribution in [-0.4, -0.2) is 57.9 Å². The van der Waals surface area contributed by atoms with Gasteiger partial charge in [-0.15, -0.1) is 0 Å². The number of piperazine rings is 1. The SMILES string of the molecule is Cc1cc(-c2noc(CCC(=O)N3CCN(C(=O)c4cccc(Cl)c4)CC3)n2)ccc1F. The average molecular weight is 457 g/mol. The van der Waals surface area contributed by atoms with E-state index >= 15 is 0 Å². The maximum absolute atomic E-state index is 13.4. The van der Waals surface area contributed by atoms with Crippen LogP contribution in [0.3, 0.4) is 0 Å². The number of rotatable bonds is 5. The Hall–Kier alpha value is -3.26. The van der Waals surface area contributed by atoms with Crippen molar-refractivity contribution in [2.45, 2.75) is 19.8 Å². The number of aromatic nitrogens is 2. The minimum absolute atomic E-state index is 0.0303. The zero-order valence-electron chi connectivity index (χ0n) is 17.6. The number of halogens is 2. The summed E-state index contributed by atoms with van der Waals surface area (Å²) in [6.07, 6.45) is 0.542. The van der Waals surface area contributed by atoms with Gasteiger partial charge < -0.3 is 14.3 Å². The van der Waals surface area contributed by atoms with Crippen LogP contribution >= 0.6 is 11.6 Å². The molecule has 9 heteroatoms. The number of carbonyl (C=O) groups is 2. The Morgan fingerprint density at radius 3 is 2.56 bits per heavy atom. The van der Waals surface area contributed by atoms with Crippen LogP contribution in [0.4, 0.5) is 4.39 Å². The number of hydrogen-bond donors (Lipinski definition) is 0. The van der Waals surface area contributed by atoms with E-state index < -0.39 is 0 Å². The van der Waals surface area contributed by atoms with Gasteiger partial charge in [-0.05, 0) is 48.9 Å². The first kappa shape index (κ1) is 22.0. The Bertz CT molecular complexity index is 1140. The maximum atomic E-state index is 13.4. The molecule has 1 aliphatic heterocycles. The lowest BCUT2D eigenvalue weighted by Gasteiger charge is -2.34. The zero-order chi connectivity index (χ0) is 22.7. The van der Waals surface area contributed by atoms with Crippen molar-refractivity contribution in [3.63, 3.8) is 0 Å². The number of amides is 2. The van der Waals surface area contributed by atoms with Crippen LogP contribution in [-0.2, 0) is 11.2 Å². The number of aryl methyl sites for hydroxylation is 2. The van der Waals surface area contributed by atoms with Gasteiger partial charge in [0.15, 0.2) is 0 Å². The first-order chi connectivity index (χ1) is 15.4. The summed E-state index contributed by atoms with van der Waals surface area (Å²) in [6, 6.07) is 11.5. The van der Waals surface area contributed by atoms with Crippen LogP contribution < -0.4 is 0 Å². The van der Waals surface area contributed by atoms with Crippen molar-refractivity contribution in [1.29, 1.82) is 0 Å². The highest BCUT2D eigenvalue weighted by atomic mass is 35.5.